The van der Waals surface area contributed by atoms with Crippen molar-refractivity contribution < 1.29 is 4.42 Å². The Morgan fingerprint density at radius 2 is 1.31 bits per heavy atom. The van der Waals surface area contributed by atoms with Crippen LogP contribution in [0.3, 0.4) is 0 Å². The topological polar surface area (TPSA) is 52.2 Å². The minimum absolute atomic E-state index is 0.0570. The van der Waals surface area contributed by atoms with Gasteiger partial charge in [0, 0.05) is 18.8 Å². The van der Waals surface area contributed by atoms with Crippen LogP contribution in [0.1, 0.15) is 102 Å². The number of aryl methyl sites for hydroxylation is 2. The van der Waals surface area contributed by atoms with Gasteiger partial charge >= 0.3 is 5.63 Å². The minimum atomic E-state index is -0.404. The van der Waals surface area contributed by atoms with Crippen molar-refractivity contribution in [2.45, 2.75) is 110 Å². The number of aromatic nitrogens is 1. The molecule has 2 aromatic heterocycles. The van der Waals surface area contributed by atoms with Gasteiger partial charge in [0.2, 0.25) is 0 Å². The molecule has 2 heterocycles. The van der Waals surface area contributed by atoms with E-state index in [0.29, 0.717) is 16.5 Å². The molecule has 0 aliphatic rings. The highest BCUT2D eigenvalue weighted by atomic mass is 16.4. The molecule has 162 valence electrons. The summed E-state index contributed by atoms with van der Waals surface area (Å²) in [6.07, 6.45) is 20.3. The van der Waals surface area contributed by atoms with Crippen LogP contribution in [-0.2, 0) is 6.54 Å². The Labute approximate surface area is 175 Å². The summed E-state index contributed by atoms with van der Waals surface area (Å²) < 4.78 is 6.88. The molecule has 29 heavy (non-hydrogen) atoms. The fraction of sp³-hybridized carbons (Fsp3) is 0.680. The molecule has 4 heteroatoms. The van der Waals surface area contributed by atoms with E-state index in [9.17, 15) is 9.59 Å². The first-order valence-corrected chi connectivity index (χ1v) is 11.8. The van der Waals surface area contributed by atoms with Crippen LogP contribution in [0.15, 0.2) is 32.3 Å². The van der Waals surface area contributed by atoms with Crippen molar-refractivity contribution >= 4 is 11.0 Å². The van der Waals surface area contributed by atoms with Gasteiger partial charge in [0.25, 0.3) is 5.56 Å². The number of fused-ring (bicyclic) bond motifs is 1. The summed E-state index contributed by atoms with van der Waals surface area (Å²) in [6.45, 7) is 4.79. The predicted molar refractivity (Wildman–Crippen MR) is 122 cm³/mol. The Kier molecular flexibility index (Phi) is 10.8. The van der Waals surface area contributed by atoms with Gasteiger partial charge in [0.05, 0.1) is 5.39 Å². The van der Waals surface area contributed by atoms with E-state index in [0.717, 1.165) is 19.4 Å². The van der Waals surface area contributed by atoms with Crippen molar-refractivity contribution in [2.75, 3.05) is 0 Å². The number of rotatable bonds is 15. The molecule has 0 aliphatic carbocycles. The highest BCUT2D eigenvalue weighted by Crippen LogP contribution is 2.14. The summed E-state index contributed by atoms with van der Waals surface area (Å²) in [6, 6.07) is 3.12. The molecule has 0 aliphatic heterocycles. The maximum atomic E-state index is 12.6. The summed E-state index contributed by atoms with van der Waals surface area (Å²) in [5.74, 6) is 0. The molecule has 0 spiro atoms. The van der Waals surface area contributed by atoms with Crippen LogP contribution >= 0.6 is 0 Å². The van der Waals surface area contributed by atoms with E-state index in [1.54, 1.807) is 23.8 Å². The second-order valence-electron chi connectivity index (χ2n) is 8.40. The average molecular weight is 402 g/mol. The summed E-state index contributed by atoms with van der Waals surface area (Å²) in [5, 5.41) is 0.525. The highest BCUT2D eigenvalue weighted by Gasteiger charge is 2.08. The van der Waals surface area contributed by atoms with Gasteiger partial charge in [-0.2, -0.15) is 0 Å². The van der Waals surface area contributed by atoms with Crippen LogP contribution in [0.5, 0.6) is 0 Å². The molecule has 0 saturated carbocycles. The zero-order chi connectivity index (χ0) is 20.9. The molecule has 0 radical (unpaired) electrons. The first-order valence-electron chi connectivity index (χ1n) is 11.8. The SMILES string of the molecule is CCCCCCCCCCCCCCCCn1ccc2oc(=O)cc(C)c2c1=O. The van der Waals surface area contributed by atoms with Crippen molar-refractivity contribution in [1.29, 1.82) is 0 Å². The molecule has 0 unspecified atom stereocenters. The van der Waals surface area contributed by atoms with Gasteiger partial charge in [-0.1, -0.05) is 90.4 Å². The van der Waals surface area contributed by atoms with Crippen molar-refractivity contribution in [3.05, 3.63) is 44.7 Å². The lowest BCUT2D eigenvalue weighted by molar-refractivity contribution is 0.520. The standard InChI is InChI=1S/C25H39NO3/c1-3-4-5-6-7-8-9-10-11-12-13-14-15-16-18-26-19-17-22-24(25(26)28)21(2)20-23(27)29-22/h17,19-20H,3-16,18H2,1-2H3. The van der Waals surface area contributed by atoms with Crippen molar-refractivity contribution in [1.82, 2.24) is 4.57 Å². The largest absolute Gasteiger partial charge is 0.422 e. The Balaban J connectivity index is 1.56. The monoisotopic (exact) mass is 401 g/mol. The van der Waals surface area contributed by atoms with Crippen LogP contribution in [0.4, 0.5) is 0 Å². The number of pyridine rings is 1. The smallest absolute Gasteiger partial charge is 0.336 e. The predicted octanol–water partition coefficient (Wildman–Crippen LogP) is 6.74. The Bertz CT molecular complexity index is 834. The molecular formula is C25H39NO3. The molecule has 0 amide bonds. The highest BCUT2D eigenvalue weighted by molar-refractivity contribution is 5.78. The molecule has 2 rings (SSSR count). The number of nitrogens with zero attached hydrogens (tertiary/aromatic N) is 1. The third-order valence-corrected chi connectivity index (χ3v) is 5.82. The summed E-state index contributed by atoms with van der Waals surface area (Å²) in [7, 11) is 0. The Morgan fingerprint density at radius 3 is 1.86 bits per heavy atom. The van der Waals surface area contributed by atoms with E-state index < -0.39 is 5.63 Å². The molecule has 0 bridgehead atoms. The zero-order valence-corrected chi connectivity index (χ0v) is 18.5. The normalized spacial score (nSPS) is 11.4. The van der Waals surface area contributed by atoms with Gasteiger partial charge in [0.1, 0.15) is 5.58 Å². The second kappa shape index (κ2) is 13.4. The maximum absolute atomic E-state index is 12.6. The fourth-order valence-corrected chi connectivity index (χ4v) is 4.05. The molecule has 0 aromatic carbocycles. The average Bonchev–Trinajstić information content (AvgIpc) is 2.69. The van der Waals surface area contributed by atoms with Gasteiger partial charge in [-0.25, -0.2) is 4.79 Å². The third-order valence-electron chi connectivity index (χ3n) is 5.82. The van der Waals surface area contributed by atoms with Crippen molar-refractivity contribution in [3.8, 4) is 0 Å². The van der Waals surface area contributed by atoms with Gasteiger partial charge in [0.15, 0.2) is 0 Å². The quantitative estimate of drug-likeness (QED) is 0.310. The Morgan fingerprint density at radius 1 is 0.793 bits per heavy atom. The summed E-state index contributed by atoms with van der Waals surface area (Å²) >= 11 is 0. The van der Waals surface area contributed by atoms with E-state index in [1.165, 1.54) is 83.1 Å². The molecule has 2 aromatic rings. The zero-order valence-electron chi connectivity index (χ0n) is 18.5. The molecule has 0 N–H and O–H groups in total. The first kappa shape index (κ1) is 23.4. The van der Waals surface area contributed by atoms with E-state index >= 15 is 0 Å². The maximum Gasteiger partial charge on any atom is 0.336 e. The van der Waals surface area contributed by atoms with E-state index in [-0.39, 0.29) is 5.56 Å². The second-order valence-corrected chi connectivity index (χ2v) is 8.40. The molecule has 0 saturated heterocycles. The molecule has 0 fully saturated rings. The van der Waals surface area contributed by atoms with Crippen LogP contribution in [0, 0.1) is 6.92 Å². The van der Waals surface area contributed by atoms with E-state index in [1.807, 2.05) is 0 Å². The van der Waals surface area contributed by atoms with Crippen molar-refractivity contribution in [3.63, 3.8) is 0 Å². The number of unbranched alkanes of at least 4 members (excludes halogenated alkanes) is 13. The molecule has 4 nitrogen and oxygen atoms in total. The Hall–Kier alpha value is -1.84. The lowest BCUT2D eigenvalue weighted by atomic mass is 10.0. The lowest BCUT2D eigenvalue weighted by Crippen LogP contribution is -2.21. The van der Waals surface area contributed by atoms with Gasteiger partial charge < -0.3 is 8.98 Å². The molecular weight excluding hydrogens is 362 g/mol. The minimum Gasteiger partial charge on any atom is -0.422 e. The van der Waals surface area contributed by atoms with E-state index in [2.05, 4.69) is 6.92 Å². The number of hydrogen-bond acceptors (Lipinski definition) is 3. The van der Waals surface area contributed by atoms with Gasteiger partial charge in [-0.05, 0) is 25.0 Å². The van der Waals surface area contributed by atoms with Crippen LogP contribution in [0.25, 0.3) is 11.0 Å². The van der Waals surface area contributed by atoms with Crippen LogP contribution < -0.4 is 11.2 Å². The van der Waals surface area contributed by atoms with Crippen LogP contribution in [0.2, 0.25) is 0 Å². The van der Waals surface area contributed by atoms with Gasteiger partial charge in [-0.15, -0.1) is 0 Å². The lowest BCUT2D eigenvalue weighted by Gasteiger charge is -2.08. The summed E-state index contributed by atoms with van der Waals surface area (Å²) in [4.78, 5) is 24.1. The summed E-state index contributed by atoms with van der Waals surface area (Å²) in [5.41, 5.74) is 0.617. The van der Waals surface area contributed by atoms with Crippen LogP contribution in [-0.4, -0.2) is 4.57 Å². The first-order chi connectivity index (χ1) is 14.1. The fourth-order valence-electron chi connectivity index (χ4n) is 4.05. The van der Waals surface area contributed by atoms with Crippen molar-refractivity contribution in [2.24, 2.45) is 0 Å². The third kappa shape index (κ3) is 8.20. The van der Waals surface area contributed by atoms with E-state index in [4.69, 9.17) is 4.42 Å². The van der Waals surface area contributed by atoms with Gasteiger partial charge in [-0.3, -0.25) is 4.79 Å². The molecule has 0 atom stereocenters. The number of hydrogen-bond donors (Lipinski definition) is 0.